The second kappa shape index (κ2) is 8.44. The lowest BCUT2D eigenvalue weighted by atomic mass is 9.91. The molecule has 6 aromatic rings. The third-order valence-corrected chi connectivity index (χ3v) is 6.95. The van der Waals surface area contributed by atoms with Gasteiger partial charge in [0.25, 0.3) is 0 Å². The maximum absolute atomic E-state index is 2.39. The molecule has 36 heavy (non-hydrogen) atoms. The highest BCUT2D eigenvalue weighted by Gasteiger charge is 2.25. The summed E-state index contributed by atoms with van der Waals surface area (Å²) in [7, 11) is 0. The second-order valence-electron chi connectivity index (χ2n) is 9.06. The average molecular weight is 461 g/mol. The molecule has 0 radical (unpaired) electrons. The SMILES string of the molecule is c1ccc(N(c2ccccc2)c2ccc(N3c4ccccc4-c4cccc5cccc3c45)cc2)cc1. The largest absolute Gasteiger partial charge is 0.311 e. The fourth-order valence-electron chi connectivity index (χ4n) is 5.39. The Balaban J connectivity index is 1.38. The molecule has 0 aliphatic carbocycles. The Morgan fingerprint density at radius 3 is 1.61 bits per heavy atom. The zero-order valence-corrected chi connectivity index (χ0v) is 19.8. The third-order valence-electron chi connectivity index (χ3n) is 6.95. The lowest BCUT2D eigenvalue weighted by Crippen LogP contribution is -2.15. The van der Waals surface area contributed by atoms with Crippen molar-refractivity contribution >= 4 is 44.9 Å². The van der Waals surface area contributed by atoms with Crippen LogP contribution in [0.25, 0.3) is 21.9 Å². The van der Waals surface area contributed by atoms with E-state index in [1.807, 2.05) is 0 Å². The van der Waals surface area contributed by atoms with Crippen molar-refractivity contribution in [2.45, 2.75) is 0 Å². The number of anilines is 6. The molecule has 0 spiro atoms. The van der Waals surface area contributed by atoms with E-state index in [1.165, 1.54) is 33.3 Å². The number of nitrogens with zero attached hydrogens (tertiary/aromatic N) is 2. The van der Waals surface area contributed by atoms with Crippen LogP contribution in [0.4, 0.5) is 34.1 Å². The summed E-state index contributed by atoms with van der Waals surface area (Å²) < 4.78 is 0. The summed E-state index contributed by atoms with van der Waals surface area (Å²) in [5, 5.41) is 2.57. The van der Waals surface area contributed by atoms with E-state index in [2.05, 4.69) is 155 Å². The number of rotatable bonds is 4. The van der Waals surface area contributed by atoms with E-state index in [-0.39, 0.29) is 0 Å². The maximum Gasteiger partial charge on any atom is 0.0546 e. The number of para-hydroxylation sites is 3. The molecule has 1 aliphatic heterocycles. The van der Waals surface area contributed by atoms with E-state index in [1.54, 1.807) is 0 Å². The zero-order valence-electron chi connectivity index (χ0n) is 19.8. The Labute approximate surface area is 211 Å². The van der Waals surface area contributed by atoms with Crippen LogP contribution in [-0.4, -0.2) is 0 Å². The molecule has 0 atom stereocenters. The molecule has 0 amide bonds. The van der Waals surface area contributed by atoms with Crippen LogP contribution in [0, 0.1) is 0 Å². The van der Waals surface area contributed by atoms with Gasteiger partial charge in [-0.05, 0) is 71.6 Å². The van der Waals surface area contributed by atoms with Crippen molar-refractivity contribution in [3.05, 3.63) is 146 Å². The first-order chi connectivity index (χ1) is 17.9. The molecule has 0 N–H and O–H groups in total. The highest BCUT2D eigenvalue weighted by atomic mass is 15.2. The molecule has 7 rings (SSSR count). The zero-order chi connectivity index (χ0) is 23.9. The van der Waals surface area contributed by atoms with Crippen molar-refractivity contribution in [3.63, 3.8) is 0 Å². The maximum atomic E-state index is 2.39. The quantitative estimate of drug-likeness (QED) is 0.258. The number of hydrogen-bond donors (Lipinski definition) is 0. The molecule has 0 unspecified atom stereocenters. The molecule has 6 aromatic carbocycles. The number of fused-ring (bicyclic) bond motifs is 2. The highest BCUT2D eigenvalue weighted by molar-refractivity contribution is 6.13. The van der Waals surface area contributed by atoms with Gasteiger partial charge in [0.15, 0.2) is 0 Å². The van der Waals surface area contributed by atoms with Gasteiger partial charge in [0.1, 0.15) is 0 Å². The molecule has 0 saturated heterocycles. The summed E-state index contributed by atoms with van der Waals surface area (Å²) in [6.45, 7) is 0. The van der Waals surface area contributed by atoms with Crippen LogP contribution in [-0.2, 0) is 0 Å². The smallest absolute Gasteiger partial charge is 0.0546 e. The van der Waals surface area contributed by atoms with Crippen LogP contribution in [0.15, 0.2) is 146 Å². The highest BCUT2D eigenvalue weighted by Crippen LogP contribution is 2.50. The molecule has 0 bridgehead atoms. The van der Waals surface area contributed by atoms with E-state index >= 15 is 0 Å². The summed E-state index contributed by atoms with van der Waals surface area (Å²) in [5.41, 5.74) is 9.54. The molecular formula is C34H24N2. The van der Waals surface area contributed by atoms with Gasteiger partial charge in [-0.25, -0.2) is 0 Å². The topological polar surface area (TPSA) is 6.48 Å². The molecule has 0 fully saturated rings. The Hall–Kier alpha value is -4.82. The molecule has 2 heteroatoms. The first kappa shape index (κ1) is 20.5. The van der Waals surface area contributed by atoms with Crippen LogP contribution in [0.1, 0.15) is 0 Å². The van der Waals surface area contributed by atoms with Gasteiger partial charge in [-0.3, -0.25) is 0 Å². The Bertz CT molecular complexity index is 1630. The summed E-state index contributed by atoms with van der Waals surface area (Å²) >= 11 is 0. The van der Waals surface area contributed by atoms with Crippen LogP contribution in [0.3, 0.4) is 0 Å². The van der Waals surface area contributed by atoms with E-state index in [0.29, 0.717) is 0 Å². The van der Waals surface area contributed by atoms with E-state index < -0.39 is 0 Å². The van der Waals surface area contributed by atoms with Crippen molar-refractivity contribution in [1.29, 1.82) is 0 Å². The predicted octanol–water partition coefficient (Wildman–Crippen LogP) is 9.76. The van der Waals surface area contributed by atoms with Crippen molar-refractivity contribution < 1.29 is 0 Å². The summed E-state index contributed by atoms with van der Waals surface area (Å²) in [6, 6.07) is 51.9. The van der Waals surface area contributed by atoms with Gasteiger partial charge in [0, 0.05) is 33.7 Å². The van der Waals surface area contributed by atoms with E-state index in [0.717, 1.165) is 22.7 Å². The minimum Gasteiger partial charge on any atom is -0.311 e. The third kappa shape index (κ3) is 3.27. The molecule has 1 aliphatic rings. The van der Waals surface area contributed by atoms with Crippen LogP contribution in [0.2, 0.25) is 0 Å². The lowest BCUT2D eigenvalue weighted by molar-refractivity contribution is 1.26. The molecule has 2 nitrogen and oxygen atoms in total. The molecule has 0 aromatic heterocycles. The van der Waals surface area contributed by atoms with Crippen molar-refractivity contribution in [2.75, 3.05) is 9.80 Å². The minimum absolute atomic E-state index is 1.13. The average Bonchev–Trinajstić information content (AvgIpc) is 2.95. The predicted molar refractivity (Wildman–Crippen MR) is 152 cm³/mol. The van der Waals surface area contributed by atoms with Crippen molar-refractivity contribution in [1.82, 2.24) is 0 Å². The molecule has 170 valence electrons. The normalized spacial score (nSPS) is 11.8. The van der Waals surface area contributed by atoms with Gasteiger partial charge in [-0.2, -0.15) is 0 Å². The monoisotopic (exact) mass is 460 g/mol. The first-order valence-electron chi connectivity index (χ1n) is 12.3. The van der Waals surface area contributed by atoms with Crippen molar-refractivity contribution in [2.24, 2.45) is 0 Å². The Morgan fingerprint density at radius 1 is 0.389 bits per heavy atom. The van der Waals surface area contributed by atoms with Gasteiger partial charge >= 0.3 is 0 Å². The molecule has 1 heterocycles. The second-order valence-corrected chi connectivity index (χ2v) is 9.06. The number of benzene rings is 6. The summed E-state index contributed by atoms with van der Waals surface area (Å²) in [5.74, 6) is 0. The van der Waals surface area contributed by atoms with Crippen LogP contribution >= 0.6 is 0 Å². The van der Waals surface area contributed by atoms with Crippen LogP contribution < -0.4 is 9.80 Å². The summed E-state index contributed by atoms with van der Waals surface area (Å²) in [4.78, 5) is 4.69. The van der Waals surface area contributed by atoms with Crippen LogP contribution in [0.5, 0.6) is 0 Å². The van der Waals surface area contributed by atoms with Gasteiger partial charge < -0.3 is 9.80 Å². The lowest BCUT2D eigenvalue weighted by Gasteiger charge is -2.34. The van der Waals surface area contributed by atoms with Gasteiger partial charge in [0.2, 0.25) is 0 Å². The fourth-order valence-corrected chi connectivity index (χ4v) is 5.39. The number of hydrogen-bond acceptors (Lipinski definition) is 2. The molecular weight excluding hydrogens is 436 g/mol. The minimum atomic E-state index is 1.13. The fraction of sp³-hybridized carbons (Fsp3) is 0. The van der Waals surface area contributed by atoms with E-state index in [4.69, 9.17) is 0 Å². The Morgan fingerprint density at radius 2 is 0.917 bits per heavy atom. The standard InChI is InChI=1S/C34H24N2/c1-3-13-26(14-4-1)35(27-15-5-2-6-16-27)28-21-23-29(24-22-28)36-32-19-8-7-17-30(32)31-18-9-11-25-12-10-20-33(36)34(25)31/h1-24H. The van der Waals surface area contributed by atoms with Gasteiger partial charge in [0.05, 0.1) is 11.4 Å². The van der Waals surface area contributed by atoms with Gasteiger partial charge in [-0.15, -0.1) is 0 Å². The Kier molecular flexibility index (Phi) is 4.82. The van der Waals surface area contributed by atoms with Crippen molar-refractivity contribution in [3.8, 4) is 11.1 Å². The van der Waals surface area contributed by atoms with E-state index in [9.17, 15) is 0 Å². The first-order valence-corrected chi connectivity index (χ1v) is 12.3. The van der Waals surface area contributed by atoms with Gasteiger partial charge in [-0.1, -0.05) is 84.9 Å². The summed E-state index contributed by atoms with van der Waals surface area (Å²) in [6.07, 6.45) is 0. The molecule has 0 saturated carbocycles.